The number of nitrogens with zero attached hydrogens (tertiary/aromatic N) is 3. The number of anilines is 1. The number of thioether (sulfide) groups is 1. The standard InChI is InChI=1S/C17H24N4OS/c1-12-6-7-15(13(2)9-12)18-10-16-19-20-17(23-3)21(16)11-14-5-4-8-22-14/h6-7,9,14,18H,4-5,8,10-11H2,1-3H3. The van der Waals surface area contributed by atoms with Crippen molar-refractivity contribution in [3.8, 4) is 0 Å². The first-order valence-corrected chi connectivity index (χ1v) is 9.28. The van der Waals surface area contributed by atoms with Gasteiger partial charge in [0.1, 0.15) is 0 Å². The van der Waals surface area contributed by atoms with E-state index in [4.69, 9.17) is 4.74 Å². The lowest BCUT2D eigenvalue weighted by Gasteiger charge is -2.15. The van der Waals surface area contributed by atoms with Crippen LogP contribution in [-0.4, -0.2) is 33.7 Å². The van der Waals surface area contributed by atoms with Gasteiger partial charge in [-0.3, -0.25) is 0 Å². The number of aromatic nitrogens is 3. The van der Waals surface area contributed by atoms with E-state index in [1.54, 1.807) is 11.8 Å². The molecule has 0 saturated carbocycles. The SMILES string of the molecule is CSc1nnc(CNc2ccc(C)cc2C)n1CC1CCCO1. The molecule has 0 spiro atoms. The summed E-state index contributed by atoms with van der Waals surface area (Å²) in [5.41, 5.74) is 3.67. The zero-order valence-corrected chi connectivity index (χ0v) is 14.8. The van der Waals surface area contributed by atoms with E-state index in [-0.39, 0.29) is 6.10 Å². The van der Waals surface area contributed by atoms with Gasteiger partial charge < -0.3 is 14.6 Å². The Morgan fingerprint density at radius 2 is 2.22 bits per heavy atom. The Bertz CT molecular complexity index is 665. The molecule has 1 atom stereocenters. The fraction of sp³-hybridized carbons (Fsp3) is 0.529. The molecule has 1 aliphatic rings. The Morgan fingerprint density at radius 1 is 1.35 bits per heavy atom. The summed E-state index contributed by atoms with van der Waals surface area (Å²) < 4.78 is 7.96. The molecule has 0 bridgehead atoms. The number of hydrogen-bond acceptors (Lipinski definition) is 5. The molecule has 1 fully saturated rings. The van der Waals surface area contributed by atoms with Crippen LogP contribution in [0.15, 0.2) is 23.4 Å². The molecule has 2 heterocycles. The van der Waals surface area contributed by atoms with E-state index in [0.29, 0.717) is 6.54 Å². The first-order chi connectivity index (χ1) is 11.2. The summed E-state index contributed by atoms with van der Waals surface area (Å²) in [4.78, 5) is 0. The van der Waals surface area contributed by atoms with E-state index in [9.17, 15) is 0 Å². The summed E-state index contributed by atoms with van der Waals surface area (Å²) in [5, 5.41) is 13.1. The molecule has 1 aromatic heterocycles. The maximum atomic E-state index is 5.77. The largest absolute Gasteiger partial charge is 0.378 e. The normalized spacial score (nSPS) is 17.6. The third-order valence-electron chi connectivity index (χ3n) is 4.21. The molecule has 2 aromatic rings. The van der Waals surface area contributed by atoms with Crippen molar-refractivity contribution in [3.63, 3.8) is 0 Å². The van der Waals surface area contributed by atoms with Crippen LogP contribution in [0.25, 0.3) is 0 Å². The molecule has 124 valence electrons. The van der Waals surface area contributed by atoms with Crippen molar-refractivity contribution in [1.82, 2.24) is 14.8 Å². The Hall–Kier alpha value is -1.53. The zero-order chi connectivity index (χ0) is 16.2. The number of aryl methyl sites for hydroxylation is 2. The van der Waals surface area contributed by atoms with E-state index < -0.39 is 0 Å². The van der Waals surface area contributed by atoms with Crippen molar-refractivity contribution in [2.75, 3.05) is 18.2 Å². The van der Waals surface area contributed by atoms with E-state index in [2.05, 4.69) is 52.1 Å². The molecule has 1 N–H and O–H groups in total. The highest BCUT2D eigenvalue weighted by Gasteiger charge is 2.20. The summed E-state index contributed by atoms with van der Waals surface area (Å²) >= 11 is 1.63. The summed E-state index contributed by atoms with van der Waals surface area (Å²) in [6.45, 7) is 6.62. The molecule has 1 aliphatic heterocycles. The van der Waals surface area contributed by atoms with Gasteiger partial charge in [-0.2, -0.15) is 0 Å². The number of rotatable bonds is 6. The van der Waals surface area contributed by atoms with Gasteiger partial charge in [-0.05, 0) is 44.6 Å². The maximum Gasteiger partial charge on any atom is 0.191 e. The minimum Gasteiger partial charge on any atom is -0.378 e. The van der Waals surface area contributed by atoms with Gasteiger partial charge in [0.2, 0.25) is 0 Å². The molecule has 1 unspecified atom stereocenters. The lowest BCUT2D eigenvalue weighted by atomic mass is 10.1. The lowest BCUT2D eigenvalue weighted by Crippen LogP contribution is -2.19. The van der Waals surface area contributed by atoms with Crippen LogP contribution in [0.5, 0.6) is 0 Å². The van der Waals surface area contributed by atoms with Gasteiger partial charge in [0.05, 0.1) is 19.2 Å². The van der Waals surface area contributed by atoms with Crippen LogP contribution in [0.1, 0.15) is 29.8 Å². The molecule has 6 heteroatoms. The minimum atomic E-state index is 0.289. The monoisotopic (exact) mass is 332 g/mol. The number of benzene rings is 1. The second-order valence-electron chi connectivity index (χ2n) is 6.02. The van der Waals surface area contributed by atoms with Crippen LogP contribution in [0.3, 0.4) is 0 Å². The van der Waals surface area contributed by atoms with Gasteiger partial charge in [0.25, 0.3) is 0 Å². The topological polar surface area (TPSA) is 52.0 Å². The highest BCUT2D eigenvalue weighted by molar-refractivity contribution is 7.98. The van der Waals surface area contributed by atoms with Gasteiger partial charge in [0.15, 0.2) is 11.0 Å². The highest BCUT2D eigenvalue weighted by Crippen LogP contribution is 2.21. The average Bonchev–Trinajstić information content (AvgIpc) is 3.17. The van der Waals surface area contributed by atoms with Crippen molar-refractivity contribution in [1.29, 1.82) is 0 Å². The Labute approximate surface area is 141 Å². The minimum absolute atomic E-state index is 0.289. The van der Waals surface area contributed by atoms with Gasteiger partial charge in [0, 0.05) is 12.3 Å². The van der Waals surface area contributed by atoms with E-state index in [1.807, 2.05) is 6.26 Å². The van der Waals surface area contributed by atoms with Gasteiger partial charge >= 0.3 is 0 Å². The first-order valence-electron chi connectivity index (χ1n) is 8.06. The zero-order valence-electron chi connectivity index (χ0n) is 14.0. The van der Waals surface area contributed by atoms with Crippen LogP contribution in [-0.2, 0) is 17.8 Å². The van der Waals surface area contributed by atoms with Gasteiger partial charge in [-0.1, -0.05) is 29.5 Å². The predicted molar refractivity (Wildman–Crippen MR) is 94.0 cm³/mol. The summed E-state index contributed by atoms with van der Waals surface area (Å²) in [7, 11) is 0. The van der Waals surface area contributed by atoms with E-state index in [1.165, 1.54) is 11.1 Å². The summed E-state index contributed by atoms with van der Waals surface area (Å²) in [5.74, 6) is 0.963. The van der Waals surface area contributed by atoms with Crippen molar-refractivity contribution in [2.24, 2.45) is 0 Å². The number of nitrogens with one attached hydrogen (secondary N) is 1. The van der Waals surface area contributed by atoms with E-state index in [0.717, 1.165) is 42.7 Å². The fourth-order valence-corrected chi connectivity index (χ4v) is 3.49. The maximum absolute atomic E-state index is 5.77. The number of hydrogen-bond donors (Lipinski definition) is 1. The second-order valence-corrected chi connectivity index (χ2v) is 6.79. The van der Waals surface area contributed by atoms with Crippen LogP contribution < -0.4 is 5.32 Å². The number of ether oxygens (including phenoxy) is 1. The molecular weight excluding hydrogens is 308 g/mol. The predicted octanol–water partition coefficient (Wildman–Crippen LogP) is 3.41. The molecule has 0 aliphatic carbocycles. The highest BCUT2D eigenvalue weighted by atomic mass is 32.2. The van der Waals surface area contributed by atoms with Crippen LogP contribution >= 0.6 is 11.8 Å². The molecule has 5 nitrogen and oxygen atoms in total. The van der Waals surface area contributed by atoms with Crippen molar-refractivity contribution in [3.05, 3.63) is 35.2 Å². The van der Waals surface area contributed by atoms with Crippen LogP contribution in [0.4, 0.5) is 5.69 Å². The third-order valence-corrected chi connectivity index (χ3v) is 4.87. The molecule has 0 radical (unpaired) electrons. The fourth-order valence-electron chi connectivity index (χ4n) is 2.96. The Morgan fingerprint density at radius 3 is 2.91 bits per heavy atom. The first kappa shape index (κ1) is 16.3. The van der Waals surface area contributed by atoms with Crippen LogP contribution in [0, 0.1) is 13.8 Å². The van der Waals surface area contributed by atoms with Crippen molar-refractivity contribution < 1.29 is 4.74 Å². The van der Waals surface area contributed by atoms with Gasteiger partial charge in [-0.25, -0.2) is 0 Å². The van der Waals surface area contributed by atoms with Gasteiger partial charge in [-0.15, -0.1) is 10.2 Å². The molecule has 1 saturated heterocycles. The molecule has 23 heavy (non-hydrogen) atoms. The Kier molecular flexibility index (Phi) is 5.23. The molecule has 0 amide bonds. The smallest absolute Gasteiger partial charge is 0.191 e. The quantitative estimate of drug-likeness (QED) is 0.822. The Balaban J connectivity index is 1.72. The summed E-state index contributed by atoms with van der Waals surface area (Å²) in [6, 6.07) is 6.44. The molecule has 3 rings (SSSR count). The second kappa shape index (κ2) is 7.36. The molecule has 1 aromatic carbocycles. The summed E-state index contributed by atoms with van der Waals surface area (Å²) in [6.07, 6.45) is 4.60. The van der Waals surface area contributed by atoms with Crippen LogP contribution in [0.2, 0.25) is 0 Å². The lowest BCUT2D eigenvalue weighted by molar-refractivity contribution is 0.0942. The van der Waals surface area contributed by atoms with Crippen molar-refractivity contribution in [2.45, 2.75) is 51.0 Å². The average molecular weight is 332 g/mol. The van der Waals surface area contributed by atoms with Crippen molar-refractivity contribution >= 4 is 17.4 Å². The third kappa shape index (κ3) is 3.87. The van der Waals surface area contributed by atoms with E-state index >= 15 is 0 Å². The molecular formula is C17H24N4OS.